The second-order valence-electron chi connectivity index (χ2n) is 6.56. The Morgan fingerprint density at radius 2 is 1.75 bits per heavy atom. The summed E-state index contributed by atoms with van der Waals surface area (Å²) in [6, 6.07) is 5.48. The minimum Gasteiger partial charge on any atom is -0.493 e. The molecule has 6 nitrogen and oxygen atoms in total. The summed E-state index contributed by atoms with van der Waals surface area (Å²) < 4.78 is 15.6. The van der Waals surface area contributed by atoms with Crippen LogP contribution in [0.2, 0.25) is 0 Å². The molecule has 0 spiro atoms. The van der Waals surface area contributed by atoms with E-state index in [-0.39, 0.29) is 17.9 Å². The minimum absolute atomic E-state index is 0.183. The average Bonchev–Trinajstić information content (AvgIpc) is 2.50. The number of amides is 1. The lowest BCUT2D eigenvalue weighted by Gasteiger charge is -2.23. The molecule has 134 valence electrons. The van der Waals surface area contributed by atoms with Crippen molar-refractivity contribution in [2.75, 3.05) is 14.2 Å². The van der Waals surface area contributed by atoms with Gasteiger partial charge >= 0.3 is 5.97 Å². The highest BCUT2D eigenvalue weighted by atomic mass is 16.5. The van der Waals surface area contributed by atoms with Gasteiger partial charge in [-0.05, 0) is 51.8 Å². The van der Waals surface area contributed by atoms with Crippen LogP contribution in [0.15, 0.2) is 18.2 Å². The highest BCUT2D eigenvalue weighted by molar-refractivity contribution is 5.83. The van der Waals surface area contributed by atoms with Crippen molar-refractivity contribution in [3.63, 3.8) is 0 Å². The summed E-state index contributed by atoms with van der Waals surface area (Å²) in [5.41, 5.74) is 0.564. The number of nitrogens with one attached hydrogen (secondary N) is 1. The number of carbonyl (C=O) groups is 2. The Hall–Kier alpha value is -2.24. The molecule has 24 heavy (non-hydrogen) atoms. The molecule has 0 saturated heterocycles. The number of methoxy groups -OCH3 is 2. The van der Waals surface area contributed by atoms with Crippen LogP contribution in [0.25, 0.3) is 0 Å². The van der Waals surface area contributed by atoms with Gasteiger partial charge in [0, 0.05) is 12.0 Å². The van der Waals surface area contributed by atoms with Crippen LogP contribution in [0.4, 0.5) is 0 Å². The van der Waals surface area contributed by atoms with E-state index in [2.05, 4.69) is 5.32 Å². The van der Waals surface area contributed by atoms with Crippen LogP contribution in [0.1, 0.15) is 39.7 Å². The summed E-state index contributed by atoms with van der Waals surface area (Å²) in [6.45, 7) is 7.18. The number of aryl methyl sites for hydroxylation is 1. The van der Waals surface area contributed by atoms with E-state index >= 15 is 0 Å². The number of hydrogen-bond acceptors (Lipinski definition) is 5. The van der Waals surface area contributed by atoms with Crippen molar-refractivity contribution in [2.24, 2.45) is 0 Å². The Morgan fingerprint density at radius 3 is 2.29 bits per heavy atom. The van der Waals surface area contributed by atoms with Crippen LogP contribution in [-0.2, 0) is 20.7 Å². The molecule has 0 fully saturated rings. The zero-order chi connectivity index (χ0) is 18.3. The lowest BCUT2D eigenvalue weighted by atomic mass is 10.1. The summed E-state index contributed by atoms with van der Waals surface area (Å²) in [7, 11) is 3.13. The van der Waals surface area contributed by atoms with Gasteiger partial charge in [0.15, 0.2) is 17.6 Å². The van der Waals surface area contributed by atoms with Crippen molar-refractivity contribution < 1.29 is 23.8 Å². The molecular formula is C18H27NO5. The highest BCUT2D eigenvalue weighted by Gasteiger charge is 2.22. The van der Waals surface area contributed by atoms with E-state index < -0.39 is 12.1 Å². The quantitative estimate of drug-likeness (QED) is 0.774. The third kappa shape index (κ3) is 6.48. The first-order valence-electron chi connectivity index (χ1n) is 7.88. The number of rotatable bonds is 7. The second-order valence-corrected chi connectivity index (χ2v) is 6.56. The summed E-state index contributed by atoms with van der Waals surface area (Å²) in [5, 5.41) is 2.78. The summed E-state index contributed by atoms with van der Waals surface area (Å²) in [6.07, 6.45) is -0.141. The number of ether oxygens (including phenoxy) is 3. The molecule has 1 rings (SSSR count). The van der Waals surface area contributed by atoms with E-state index in [0.717, 1.165) is 5.56 Å². The van der Waals surface area contributed by atoms with Crippen molar-refractivity contribution in [3.8, 4) is 11.5 Å². The van der Waals surface area contributed by atoms with Crippen LogP contribution in [0.3, 0.4) is 0 Å². The molecule has 0 radical (unpaired) electrons. The Morgan fingerprint density at radius 1 is 1.12 bits per heavy atom. The van der Waals surface area contributed by atoms with E-state index in [1.54, 1.807) is 27.2 Å². The van der Waals surface area contributed by atoms with E-state index in [4.69, 9.17) is 14.2 Å². The van der Waals surface area contributed by atoms with Gasteiger partial charge in [0.25, 0.3) is 5.91 Å². The molecule has 1 aromatic carbocycles. The zero-order valence-corrected chi connectivity index (χ0v) is 15.3. The standard InChI is InChI=1S/C18H27NO5/c1-12(17(21)19-18(2,3)4)24-16(20)10-8-13-7-9-14(22-5)15(11-13)23-6/h7,9,11-12H,8,10H2,1-6H3,(H,19,21)/t12-/m0/s1. The predicted octanol–water partition coefficient (Wildman–Crippen LogP) is 2.48. The molecule has 1 N–H and O–H groups in total. The lowest BCUT2D eigenvalue weighted by molar-refractivity contribution is -0.155. The predicted molar refractivity (Wildman–Crippen MR) is 91.3 cm³/mol. The van der Waals surface area contributed by atoms with E-state index in [9.17, 15) is 9.59 Å². The van der Waals surface area contributed by atoms with E-state index in [1.165, 1.54) is 0 Å². The molecule has 0 aromatic heterocycles. The molecule has 0 aliphatic rings. The molecule has 1 atom stereocenters. The normalized spacial score (nSPS) is 12.2. The Labute approximate surface area is 143 Å². The first kappa shape index (κ1) is 19.8. The minimum atomic E-state index is -0.817. The molecule has 1 amide bonds. The van der Waals surface area contributed by atoms with Crippen molar-refractivity contribution in [1.82, 2.24) is 5.32 Å². The fourth-order valence-corrected chi connectivity index (χ4v) is 2.06. The molecule has 0 unspecified atom stereocenters. The van der Waals surface area contributed by atoms with Gasteiger partial charge in [-0.15, -0.1) is 0 Å². The van der Waals surface area contributed by atoms with Gasteiger partial charge in [0.1, 0.15) is 0 Å². The Balaban J connectivity index is 2.53. The SMILES string of the molecule is COc1ccc(CCC(=O)O[C@@H](C)C(=O)NC(C)(C)C)cc1OC. The van der Waals surface area contributed by atoms with Crippen molar-refractivity contribution in [2.45, 2.75) is 52.2 Å². The van der Waals surface area contributed by atoms with Crippen molar-refractivity contribution in [1.29, 1.82) is 0 Å². The molecule has 0 saturated carbocycles. The van der Waals surface area contributed by atoms with Crippen LogP contribution >= 0.6 is 0 Å². The Kier molecular flexibility index (Phi) is 7.07. The lowest BCUT2D eigenvalue weighted by Crippen LogP contribution is -2.46. The van der Waals surface area contributed by atoms with Crippen LogP contribution < -0.4 is 14.8 Å². The van der Waals surface area contributed by atoms with Gasteiger partial charge in [-0.3, -0.25) is 9.59 Å². The maximum absolute atomic E-state index is 11.9. The van der Waals surface area contributed by atoms with Gasteiger partial charge in [0.2, 0.25) is 0 Å². The van der Waals surface area contributed by atoms with E-state index in [1.807, 2.05) is 32.9 Å². The third-order valence-corrected chi connectivity index (χ3v) is 3.24. The largest absolute Gasteiger partial charge is 0.493 e. The first-order valence-corrected chi connectivity index (χ1v) is 7.88. The smallest absolute Gasteiger partial charge is 0.306 e. The number of hydrogen-bond donors (Lipinski definition) is 1. The Bertz CT molecular complexity index is 577. The first-order chi connectivity index (χ1) is 11.2. The summed E-state index contributed by atoms with van der Waals surface area (Å²) in [4.78, 5) is 23.8. The van der Waals surface area contributed by atoms with Gasteiger partial charge in [-0.1, -0.05) is 6.07 Å². The average molecular weight is 337 g/mol. The summed E-state index contributed by atoms with van der Waals surface area (Å²) in [5.74, 6) is 0.529. The van der Waals surface area contributed by atoms with Crippen molar-refractivity contribution >= 4 is 11.9 Å². The maximum atomic E-state index is 11.9. The van der Waals surface area contributed by atoms with Gasteiger partial charge in [0.05, 0.1) is 14.2 Å². The maximum Gasteiger partial charge on any atom is 0.306 e. The number of carbonyl (C=O) groups excluding carboxylic acids is 2. The second kappa shape index (κ2) is 8.57. The van der Waals surface area contributed by atoms with Gasteiger partial charge in [-0.2, -0.15) is 0 Å². The third-order valence-electron chi connectivity index (χ3n) is 3.24. The molecule has 6 heteroatoms. The highest BCUT2D eigenvalue weighted by Crippen LogP contribution is 2.28. The fourth-order valence-electron chi connectivity index (χ4n) is 2.06. The van der Waals surface area contributed by atoms with Crippen LogP contribution in [0, 0.1) is 0 Å². The molecule has 0 heterocycles. The molecule has 1 aromatic rings. The van der Waals surface area contributed by atoms with Crippen molar-refractivity contribution in [3.05, 3.63) is 23.8 Å². The fraction of sp³-hybridized carbons (Fsp3) is 0.556. The molecular weight excluding hydrogens is 310 g/mol. The monoisotopic (exact) mass is 337 g/mol. The van der Waals surface area contributed by atoms with Gasteiger partial charge in [-0.25, -0.2) is 0 Å². The topological polar surface area (TPSA) is 73.9 Å². The zero-order valence-electron chi connectivity index (χ0n) is 15.3. The number of benzene rings is 1. The molecule has 0 aliphatic carbocycles. The van der Waals surface area contributed by atoms with Gasteiger partial charge < -0.3 is 19.5 Å². The van der Waals surface area contributed by atoms with E-state index in [0.29, 0.717) is 17.9 Å². The van der Waals surface area contributed by atoms with Crippen LogP contribution in [0.5, 0.6) is 11.5 Å². The molecule has 0 aliphatic heterocycles. The molecule has 0 bridgehead atoms. The number of esters is 1. The van der Waals surface area contributed by atoms with Crippen LogP contribution in [-0.4, -0.2) is 37.7 Å². The summed E-state index contributed by atoms with van der Waals surface area (Å²) >= 11 is 0.